The maximum absolute atomic E-state index is 12.5. The van der Waals surface area contributed by atoms with E-state index in [1.807, 2.05) is 52.0 Å². The normalized spacial score (nSPS) is 13.6. The maximum atomic E-state index is 12.5. The molecule has 0 spiro atoms. The van der Waals surface area contributed by atoms with E-state index in [4.69, 9.17) is 0 Å². The summed E-state index contributed by atoms with van der Waals surface area (Å²) in [6.45, 7) is 7.55. The molecule has 0 N–H and O–H groups in total. The van der Waals surface area contributed by atoms with Gasteiger partial charge in [-0.05, 0) is 73.9 Å². The van der Waals surface area contributed by atoms with E-state index in [9.17, 15) is 60.0 Å². The Balaban J connectivity index is 0.000000306. The second-order valence-electron chi connectivity index (χ2n) is 11.8. The van der Waals surface area contributed by atoms with Crippen LogP contribution >= 0.6 is 15.6 Å². The number of aromatic nitrogens is 12. The van der Waals surface area contributed by atoms with E-state index < -0.39 is 15.6 Å². The van der Waals surface area contributed by atoms with Crippen LogP contribution < -0.4 is 20.7 Å². The molecule has 0 fully saturated rings. The summed E-state index contributed by atoms with van der Waals surface area (Å²) >= 11 is 0. The van der Waals surface area contributed by atoms with Crippen molar-refractivity contribution in [3.05, 3.63) is 119 Å². The fraction of sp³-hybridized carbons (Fsp3) is 0.200. The van der Waals surface area contributed by atoms with Crippen LogP contribution in [0.25, 0.3) is 34.7 Å². The Morgan fingerprint density at radius 1 is 0.542 bits per heavy atom. The molecule has 6 rings (SSSR count). The van der Waals surface area contributed by atoms with Crippen molar-refractivity contribution in [2.24, 2.45) is 0 Å². The van der Waals surface area contributed by atoms with Gasteiger partial charge in [0.1, 0.15) is 23.6 Å². The Labute approximate surface area is 334 Å². The summed E-state index contributed by atoms with van der Waals surface area (Å²) in [5, 5.41) is 17.2. The Bertz CT molecular complexity index is 2240. The molecule has 0 radical (unpaired) electrons. The minimum absolute atomic E-state index is 0. The summed E-state index contributed by atoms with van der Waals surface area (Å²) in [6, 6.07) is 21.3. The van der Waals surface area contributed by atoms with Crippen molar-refractivity contribution in [1.29, 1.82) is 0 Å². The molecule has 6 aromatic rings. The summed E-state index contributed by atoms with van der Waals surface area (Å²) in [7, 11) is -21.3. The van der Waals surface area contributed by atoms with E-state index in [0.717, 1.165) is 0 Å². The molecule has 0 atom stereocenters. The Hall–Kier alpha value is -5.38. The molecular formula is C30H30F12FeN12O2P2. The van der Waals surface area contributed by atoms with Crippen molar-refractivity contribution in [1.82, 2.24) is 49.7 Å². The van der Waals surface area contributed by atoms with Gasteiger partial charge in [-0.15, -0.1) is 9.67 Å². The van der Waals surface area contributed by atoms with Crippen LogP contribution in [0, 0.1) is 0 Å². The summed E-state index contributed by atoms with van der Waals surface area (Å²) in [5.41, 5.74) is 0.518. The van der Waals surface area contributed by atoms with E-state index in [0.29, 0.717) is 34.7 Å². The van der Waals surface area contributed by atoms with Crippen LogP contribution in [0.5, 0.6) is 0 Å². The number of hydrogen-bond acceptors (Lipinski definition) is 10. The predicted octanol–water partition coefficient (Wildman–Crippen LogP) is 8.67. The van der Waals surface area contributed by atoms with Gasteiger partial charge in [0.25, 0.3) is 17.5 Å². The van der Waals surface area contributed by atoms with Crippen molar-refractivity contribution in [3.8, 4) is 34.7 Å². The summed E-state index contributed by atoms with van der Waals surface area (Å²) < 4.78 is 124. The summed E-state index contributed by atoms with van der Waals surface area (Å²) in [5.74, 6) is 1.64. The third-order valence-electron chi connectivity index (χ3n) is 6.05. The molecule has 324 valence electrons. The van der Waals surface area contributed by atoms with Crippen molar-refractivity contribution in [2.45, 2.75) is 39.8 Å². The predicted molar refractivity (Wildman–Crippen MR) is 186 cm³/mol. The molecule has 0 amide bonds. The third kappa shape index (κ3) is 19.8. The third-order valence-corrected chi connectivity index (χ3v) is 6.05. The Morgan fingerprint density at radius 2 is 0.966 bits per heavy atom. The zero-order valence-corrected chi connectivity index (χ0v) is 33.3. The van der Waals surface area contributed by atoms with Crippen LogP contribution in [0.4, 0.5) is 50.4 Å². The van der Waals surface area contributed by atoms with E-state index in [1.165, 1.54) is 18.7 Å². The minimum atomic E-state index is -10.7. The summed E-state index contributed by atoms with van der Waals surface area (Å²) in [4.78, 5) is 41.9. The fourth-order valence-corrected chi connectivity index (χ4v) is 3.92. The van der Waals surface area contributed by atoms with Gasteiger partial charge >= 0.3 is 77.4 Å². The Morgan fingerprint density at radius 3 is 1.34 bits per heavy atom. The van der Waals surface area contributed by atoms with Crippen molar-refractivity contribution in [3.63, 3.8) is 0 Å². The zero-order chi connectivity index (χ0) is 43.9. The van der Waals surface area contributed by atoms with Gasteiger partial charge in [0.05, 0.1) is 6.04 Å². The average molecular weight is 936 g/mol. The molecule has 0 saturated carbocycles. The molecule has 29 heteroatoms. The SMILES string of the molecule is CC(C)[n+]1nc(-c2ccccn2)nn(-c2ccccn2)c1=O.CC(C)n1nc(-c2ccccn2)n[n+](-c2ccccn2)c1=O.F[P-](F)(F)(F)(F)F.F[P-](F)(F)(F)(F)F.[Fe]. The van der Waals surface area contributed by atoms with Gasteiger partial charge in [0.15, 0.2) is 0 Å². The molecule has 59 heavy (non-hydrogen) atoms. The standard InChI is InChI=1S/2C15H15N6O.2F6P.Fe/c2*1-11(2)20-15(22)21(13-8-4-6-10-17-13)19-14(18-20)12-7-3-5-9-16-12;2*1-7(2,3,4,5)6;/h2*3-11H,1-2H3;;;/q2*+1;2*-1;. The smallest absolute Gasteiger partial charge is 0 e. The van der Waals surface area contributed by atoms with Crippen LogP contribution in [-0.2, 0) is 17.1 Å². The van der Waals surface area contributed by atoms with E-state index in [-0.39, 0.29) is 40.5 Å². The second-order valence-corrected chi connectivity index (χ2v) is 15.7. The topological polar surface area (TPSA) is 155 Å². The number of pyridine rings is 4. The van der Waals surface area contributed by atoms with Gasteiger partial charge in [-0.3, -0.25) is 9.97 Å². The number of halogens is 12. The van der Waals surface area contributed by atoms with Crippen LogP contribution in [0.1, 0.15) is 39.8 Å². The van der Waals surface area contributed by atoms with Crippen LogP contribution in [0.2, 0.25) is 0 Å². The molecule has 0 aliphatic carbocycles. The van der Waals surface area contributed by atoms with Gasteiger partial charge in [-0.2, -0.15) is 4.79 Å². The first-order chi connectivity index (χ1) is 26.2. The molecule has 0 aromatic carbocycles. The zero-order valence-electron chi connectivity index (χ0n) is 30.4. The van der Waals surface area contributed by atoms with Crippen molar-refractivity contribution >= 4 is 15.6 Å². The second kappa shape index (κ2) is 17.1. The number of nitrogens with zero attached hydrogens (tertiary/aromatic N) is 12. The molecule has 0 aliphatic heterocycles. The fourth-order valence-electron chi connectivity index (χ4n) is 3.92. The van der Waals surface area contributed by atoms with E-state index in [2.05, 4.69) is 40.3 Å². The molecular weight excluding hydrogens is 906 g/mol. The largest absolute Gasteiger partial charge is 0 e. The summed E-state index contributed by atoms with van der Waals surface area (Å²) in [6.07, 6.45) is 6.55. The van der Waals surface area contributed by atoms with Crippen LogP contribution in [0.15, 0.2) is 107 Å². The van der Waals surface area contributed by atoms with Gasteiger partial charge < -0.3 is 0 Å². The number of hydrogen-bond donors (Lipinski definition) is 0. The monoisotopic (exact) mass is 936 g/mol. The minimum Gasteiger partial charge on any atom is 0 e. The molecule has 0 saturated heterocycles. The molecule has 6 heterocycles. The van der Waals surface area contributed by atoms with E-state index in [1.54, 1.807) is 73.3 Å². The van der Waals surface area contributed by atoms with Crippen LogP contribution in [0.3, 0.4) is 0 Å². The van der Waals surface area contributed by atoms with Gasteiger partial charge in [-0.1, -0.05) is 48.9 Å². The molecule has 14 nitrogen and oxygen atoms in total. The molecule has 0 aliphatic rings. The molecule has 0 unspecified atom stereocenters. The quantitative estimate of drug-likeness (QED) is 0.0686. The van der Waals surface area contributed by atoms with Crippen LogP contribution in [-0.4, -0.2) is 49.7 Å². The first-order valence-corrected chi connectivity index (χ1v) is 19.9. The first kappa shape index (κ1) is 49.8. The average Bonchev–Trinajstić information content (AvgIpc) is 3.11. The van der Waals surface area contributed by atoms with Crippen molar-refractivity contribution < 1.29 is 76.8 Å². The van der Waals surface area contributed by atoms with Gasteiger partial charge in [-0.25, -0.2) is 9.78 Å². The van der Waals surface area contributed by atoms with Gasteiger partial charge in [0, 0.05) is 47.8 Å². The van der Waals surface area contributed by atoms with Crippen molar-refractivity contribution in [2.75, 3.05) is 0 Å². The van der Waals surface area contributed by atoms with E-state index >= 15 is 0 Å². The Kier molecular flexibility index (Phi) is 14.4. The number of rotatable bonds is 6. The van der Waals surface area contributed by atoms with Gasteiger partial charge in [0.2, 0.25) is 5.82 Å². The molecule has 6 aromatic heterocycles. The molecule has 0 bridgehead atoms. The first-order valence-electron chi connectivity index (χ1n) is 15.9. The maximum Gasteiger partial charge on any atom is 0 e.